The highest BCUT2D eigenvalue weighted by Crippen LogP contribution is 2.59. The van der Waals surface area contributed by atoms with Crippen LogP contribution in [0.5, 0.6) is 0 Å². The Labute approximate surface area is 161 Å². The van der Waals surface area contributed by atoms with Crippen LogP contribution in [0.4, 0.5) is 5.69 Å². The number of carbonyl (C=O) groups is 1. The van der Waals surface area contributed by atoms with E-state index in [1.807, 2.05) is 37.3 Å². The van der Waals surface area contributed by atoms with Crippen molar-refractivity contribution in [3.63, 3.8) is 0 Å². The van der Waals surface area contributed by atoms with Gasteiger partial charge in [0, 0.05) is 11.2 Å². The van der Waals surface area contributed by atoms with E-state index in [9.17, 15) is 13.2 Å². The number of anilines is 1. The number of sulfonamides is 1. The number of rotatable bonds is 5. The highest BCUT2D eigenvalue weighted by Gasteiger charge is 2.56. The van der Waals surface area contributed by atoms with Gasteiger partial charge in [-0.25, -0.2) is 13.1 Å². The Kier molecular flexibility index (Phi) is 4.91. The molecule has 1 amide bonds. The monoisotopic (exact) mass is 386 g/mol. The fourth-order valence-corrected chi connectivity index (χ4v) is 4.66. The topological polar surface area (TPSA) is 75.3 Å². The van der Waals surface area contributed by atoms with Crippen molar-refractivity contribution < 1.29 is 13.2 Å². The molecule has 0 heterocycles. The molecule has 2 N–H and O–H groups in total. The maximum absolute atomic E-state index is 12.7. The van der Waals surface area contributed by atoms with Gasteiger partial charge in [-0.1, -0.05) is 37.3 Å². The van der Waals surface area contributed by atoms with Crippen molar-refractivity contribution in [2.45, 2.75) is 50.5 Å². The fourth-order valence-electron chi connectivity index (χ4n) is 3.24. The van der Waals surface area contributed by atoms with Gasteiger partial charge < -0.3 is 5.32 Å². The zero-order chi connectivity index (χ0) is 19.9. The van der Waals surface area contributed by atoms with Crippen LogP contribution >= 0.6 is 0 Å². The molecule has 0 saturated heterocycles. The minimum atomic E-state index is -3.59. The Morgan fingerprint density at radius 3 is 2.19 bits per heavy atom. The quantitative estimate of drug-likeness (QED) is 0.818. The molecule has 0 spiro atoms. The molecule has 27 heavy (non-hydrogen) atoms. The zero-order valence-electron chi connectivity index (χ0n) is 16.1. The van der Waals surface area contributed by atoms with Crippen LogP contribution in [0, 0.1) is 5.41 Å². The highest BCUT2D eigenvalue weighted by molar-refractivity contribution is 7.89. The smallest absolute Gasteiger partial charge is 0.241 e. The van der Waals surface area contributed by atoms with Crippen molar-refractivity contribution >= 4 is 21.6 Å². The van der Waals surface area contributed by atoms with E-state index in [1.165, 1.54) is 17.7 Å². The Hall–Kier alpha value is -2.18. The second kappa shape index (κ2) is 6.77. The van der Waals surface area contributed by atoms with Crippen molar-refractivity contribution in [3.05, 3.63) is 60.2 Å². The molecule has 1 saturated carbocycles. The van der Waals surface area contributed by atoms with Gasteiger partial charge in [0.25, 0.3) is 0 Å². The van der Waals surface area contributed by atoms with Crippen LogP contribution < -0.4 is 10.0 Å². The lowest BCUT2D eigenvalue weighted by Gasteiger charge is -2.20. The van der Waals surface area contributed by atoms with E-state index < -0.39 is 21.0 Å². The predicted molar refractivity (Wildman–Crippen MR) is 107 cm³/mol. The second-order valence-corrected chi connectivity index (χ2v) is 10.1. The van der Waals surface area contributed by atoms with Crippen LogP contribution in [-0.2, 0) is 14.8 Å². The third kappa shape index (κ3) is 4.39. The summed E-state index contributed by atoms with van der Waals surface area (Å²) in [5.41, 5.74) is 0.776. The largest absolute Gasteiger partial charge is 0.326 e. The first-order valence-corrected chi connectivity index (χ1v) is 10.5. The van der Waals surface area contributed by atoms with Crippen LogP contribution in [-0.4, -0.2) is 19.9 Å². The number of hydrogen-bond acceptors (Lipinski definition) is 3. The van der Waals surface area contributed by atoms with Crippen molar-refractivity contribution in [2.24, 2.45) is 5.41 Å². The number of nitrogens with one attached hydrogen (secondary N) is 2. The van der Waals surface area contributed by atoms with E-state index in [4.69, 9.17) is 0 Å². The fraction of sp³-hybridized carbons (Fsp3) is 0.381. The first kappa shape index (κ1) is 19.6. The molecule has 5 nitrogen and oxygen atoms in total. The molecule has 144 valence electrons. The highest BCUT2D eigenvalue weighted by atomic mass is 32.2. The lowest BCUT2D eigenvalue weighted by molar-refractivity contribution is -0.120. The average molecular weight is 387 g/mol. The van der Waals surface area contributed by atoms with E-state index in [0.29, 0.717) is 5.69 Å². The summed E-state index contributed by atoms with van der Waals surface area (Å²) in [4.78, 5) is 12.9. The van der Waals surface area contributed by atoms with E-state index in [2.05, 4.69) is 10.0 Å². The van der Waals surface area contributed by atoms with E-state index in [-0.39, 0.29) is 16.7 Å². The summed E-state index contributed by atoms with van der Waals surface area (Å²) in [5.74, 6) is 0.175. The van der Waals surface area contributed by atoms with Gasteiger partial charge in [0.2, 0.25) is 15.9 Å². The minimum Gasteiger partial charge on any atom is -0.326 e. The van der Waals surface area contributed by atoms with Crippen molar-refractivity contribution in [1.29, 1.82) is 0 Å². The van der Waals surface area contributed by atoms with Gasteiger partial charge in [0.15, 0.2) is 0 Å². The van der Waals surface area contributed by atoms with Crippen LogP contribution in [0.2, 0.25) is 0 Å². The maximum atomic E-state index is 12.7. The van der Waals surface area contributed by atoms with Crippen molar-refractivity contribution in [2.75, 3.05) is 5.32 Å². The second-order valence-electron chi connectivity index (χ2n) is 8.42. The molecule has 1 aliphatic carbocycles. The molecule has 0 aromatic heterocycles. The van der Waals surface area contributed by atoms with Gasteiger partial charge in [-0.2, -0.15) is 0 Å². The Morgan fingerprint density at radius 1 is 1.04 bits per heavy atom. The summed E-state index contributed by atoms with van der Waals surface area (Å²) in [6, 6.07) is 16.3. The van der Waals surface area contributed by atoms with Crippen LogP contribution in [0.1, 0.15) is 45.6 Å². The summed E-state index contributed by atoms with van der Waals surface area (Å²) in [5, 5.41) is 2.92. The van der Waals surface area contributed by atoms with Gasteiger partial charge in [0.1, 0.15) is 0 Å². The molecule has 1 fully saturated rings. The molecule has 6 heteroatoms. The minimum absolute atomic E-state index is 0.0419. The first-order valence-electron chi connectivity index (χ1n) is 9.02. The average Bonchev–Trinajstić information content (AvgIpc) is 3.27. The van der Waals surface area contributed by atoms with E-state index in [1.54, 1.807) is 32.9 Å². The molecular formula is C21H26N2O3S. The van der Waals surface area contributed by atoms with Gasteiger partial charge in [-0.15, -0.1) is 0 Å². The maximum Gasteiger partial charge on any atom is 0.241 e. The third-order valence-electron chi connectivity index (χ3n) is 4.82. The molecule has 2 aromatic rings. The zero-order valence-corrected chi connectivity index (χ0v) is 16.9. The number of amides is 1. The number of benzene rings is 2. The standard InChI is InChI=1S/C21H26N2O3S/c1-20(2,3)23-27(25,26)17-12-10-16(11-13-17)22-19(24)21(4)14-18(21)15-8-6-5-7-9-15/h5-13,18,23H,14H2,1-4H3,(H,22,24). The van der Waals surface area contributed by atoms with E-state index in [0.717, 1.165) is 6.42 Å². The first-order chi connectivity index (χ1) is 12.5. The van der Waals surface area contributed by atoms with Gasteiger partial charge in [-0.3, -0.25) is 4.79 Å². The van der Waals surface area contributed by atoms with Crippen LogP contribution in [0.3, 0.4) is 0 Å². The molecule has 2 atom stereocenters. The Morgan fingerprint density at radius 2 is 1.63 bits per heavy atom. The molecular weight excluding hydrogens is 360 g/mol. The lowest BCUT2D eigenvalue weighted by Crippen LogP contribution is -2.40. The molecule has 1 aliphatic rings. The molecule has 0 bridgehead atoms. The lowest BCUT2D eigenvalue weighted by atomic mass is 10.00. The van der Waals surface area contributed by atoms with Crippen molar-refractivity contribution in [3.8, 4) is 0 Å². The number of carbonyl (C=O) groups excluding carboxylic acids is 1. The summed E-state index contributed by atoms with van der Waals surface area (Å²) < 4.78 is 27.3. The molecule has 3 rings (SSSR count). The molecule has 2 aromatic carbocycles. The van der Waals surface area contributed by atoms with Gasteiger partial charge >= 0.3 is 0 Å². The Balaban J connectivity index is 1.68. The van der Waals surface area contributed by atoms with Gasteiger partial charge in [0.05, 0.1) is 10.3 Å². The molecule has 0 aliphatic heterocycles. The van der Waals surface area contributed by atoms with Gasteiger partial charge in [-0.05, 0) is 62.9 Å². The molecule has 2 unspecified atom stereocenters. The summed E-state index contributed by atoms with van der Waals surface area (Å²) in [7, 11) is -3.59. The Bertz CT molecular complexity index is 932. The summed E-state index contributed by atoms with van der Waals surface area (Å²) >= 11 is 0. The van der Waals surface area contributed by atoms with Crippen LogP contribution in [0.15, 0.2) is 59.5 Å². The van der Waals surface area contributed by atoms with Crippen molar-refractivity contribution in [1.82, 2.24) is 4.72 Å². The normalized spacial score (nSPS) is 22.3. The van der Waals surface area contributed by atoms with Crippen LogP contribution in [0.25, 0.3) is 0 Å². The summed E-state index contributed by atoms with van der Waals surface area (Å²) in [6.45, 7) is 7.34. The number of hydrogen-bond donors (Lipinski definition) is 2. The molecule has 0 radical (unpaired) electrons. The van der Waals surface area contributed by atoms with E-state index >= 15 is 0 Å². The summed E-state index contributed by atoms with van der Waals surface area (Å²) in [6.07, 6.45) is 0.810. The predicted octanol–water partition coefficient (Wildman–Crippen LogP) is 3.90. The SMILES string of the molecule is CC(C)(C)NS(=O)(=O)c1ccc(NC(=O)C2(C)CC2c2ccccc2)cc1. The third-order valence-corrected chi connectivity index (χ3v) is 6.59.